The summed E-state index contributed by atoms with van der Waals surface area (Å²) in [5, 5.41) is 13.2. The lowest BCUT2D eigenvalue weighted by Crippen LogP contribution is -2.28. The van der Waals surface area contributed by atoms with E-state index in [1.54, 1.807) is 6.07 Å². The quantitative estimate of drug-likeness (QED) is 0.776. The van der Waals surface area contributed by atoms with Gasteiger partial charge in [-0.3, -0.25) is 0 Å². The maximum absolute atomic E-state index is 13.2. The fraction of sp³-hybridized carbons (Fsp3) is 0.455. The van der Waals surface area contributed by atoms with Crippen LogP contribution in [0.4, 0.5) is 4.39 Å². The molecule has 15 heavy (non-hydrogen) atoms. The van der Waals surface area contributed by atoms with Gasteiger partial charge < -0.3 is 10.4 Å². The van der Waals surface area contributed by atoms with Gasteiger partial charge in [0.1, 0.15) is 0 Å². The Kier molecular flexibility index (Phi) is 3.12. The van der Waals surface area contributed by atoms with Crippen LogP contribution in [0.15, 0.2) is 12.1 Å². The molecule has 1 heterocycles. The Balaban J connectivity index is 2.33. The van der Waals surface area contributed by atoms with Gasteiger partial charge in [0.05, 0.1) is 0 Å². The Morgan fingerprint density at radius 1 is 1.47 bits per heavy atom. The summed E-state index contributed by atoms with van der Waals surface area (Å²) >= 11 is 5.77. The first-order chi connectivity index (χ1) is 7.18. The minimum Gasteiger partial charge on any atom is -0.505 e. The number of halogens is 2. The Labute approximate surface area is 93.1 Å². The molecule has 1 aliphatic heterocycles. The lowest BCUT2D eigenvalue weighted by Gasteiger charge is -2.24. The predicted molar refractivity (Wildman–Crippen MR) is 57.9 cm³/mol. The maximum Gasteiger partial charge on any atom is 0.166 e. The Hall–Kier alpha value is -0.800. The highest BCUT2D eigenvalue weighted by molar-refractivity contribution is 6.30. The first kappa shape index (κ1) is 10.7. The van der Waals surface area contributed by atoms with Crippen molar-refractivity contribution in [2.45, 2.75) is 18.8 Å². The van der Waals surface area contributed by atoms with Crippen molar-refractivity contribution in [2.24, 2.45) is 0 Å². The molecule has 2 N–H and O–H groups in total. The number of hydrogen-bond donors (Lipinski definition) is 2. The predicted octanol–water partition coefficient (Wildman–Crippen LogP) is 2.65. The standard InChI is InChI=1S/C11H13ClFNO/c12-8-4-9(11(15)10(13)5-8)7-2-1-3-14-6-7/h4-5,7,14-15H,1-3,6H2. The summed E-state index contributed by atoms with van der Waals surface area (Å²) in [5.41, 5.74) is 0.618. The van der Waals surface area contributed by atoms with E-state index in [-0.39, 0.29) is 11.7 Å². The molecular weight excluding hydrogens is 217 g/mol. The Morgan fingerprint density at radius 3 is 2.93 bits per heavy atom. The normalized spacial score (nSPS) is 21.6. The summed E-state index contributed by atoms with van der Waals surface area (Å²) in [5.74, 6) is -0.733. The van der Waals surface area contributed by atoms with Crippen LogP contribution in [0.3, 0.4) is 0 Å². The Morgan fingerprint density at radius 2 is 2.27 bits per heavy atom. The largest absolute Gasteiger partial charge is 0.505 e. The van der Waals surface area contributed by atoms with Gasteiger partial charge in [0.25, 0.3) is 0 Å². The number of piperidine rings is 1. The minimum atomic E-state index is -0.636. The molecule has 1 unspecified atom stereocenters. The van der Waals surface area contributed by atoms with Gasteiger partial charge in [-0.15, -0.1) is 0 Å². The van der Waals surface area contributed by atoms with Crippen LogP contribution in [0.1, 0.15) is 24.3 Å². The first-order valence-corrected chi connectivity index (χ1v) is 5.45. The van der Waals surface area contributed by atoms with E-state index in [1.165, 1.54) is 0 Å². The number of phenolic OH excluding ortho intramolecular Hbond substituents is 1. The van der Waals surface area contributed by atoms with E-state index in [4.69, 9.17) is 11.6 Å². The van der Waals surface area contributed by atoms with Crippen molar-refractivity contribution in [1.29, 1.82) is 0 Å². The second-order valence-corrected chi connectivity index (χ2v) is 4.31. The third-order valence-electron chi connectivity index (χ3n) is 2.79. The monoisotopic (exact) mass is 229 g/mol. The van der Waals surface area contributed by atoms with Crippen LogP contribution >= 0.6 is 11.6 Å². The summed E-state index contributed by atoms with van der Waals surface area (Å²) < 4.78 is 13.2. The molecule has 4 heteroatoms. The highest BCUT2D eigenvalue weighted by Gasteiger charge is 2.20. The molecule has 2 rings (SSSR count). The molecule has 0 spiro atoms. The van der Waals surface area contributed by atoms with Gasteiger partial charge in [-0.2, -0.15) is 0 Å². The van der Waals surface area contributed by atoms with E-state index in [0.29, 0.717) is 10.6 Å². The molecule has 0 aromatic heterocycles. The first-order valence-electron chi connectivity index (χ1n) is 5.07. The average Bonchev–Trinajstić information content (AvgIpc) is 2.24. The van der Waals surface area contributed by atoms with Crippen molar-refractivity contribution in [3.8, 4) is 5.75 Å². The van der Waals surface area contributed by atoms with E-state index in [9.17, 15) is 9.50 Å². The molecule has 0 saturated carbocycles. The molecule has 1 saturated heterocycles. The van der Waals surface area contributed by atoms with Crippen molar-refractivity contribution >= 4 is 11.6 Å². The van der Waals surface area contributed by atoms with E-state index >= 15 is 0 Å². The molecule has 0 bridgehead atoms. The lowest BCUT2D eigenvalue weighted by atomic mass is 9.91. The second kappa shape index (κ2) is 4.37. The molecular formula is C11H13ClFNO. The van der Waals surface area contributed by atoms with Crippen molar-refractivity contribution in [1.82, 2.24) is 5.32 Å². The van der Waals surface area contributed by atoms with Gasteiger partial charge in [0.2, 0.25) is 0 Å². The molecule has 82 valence electrons. The van der Waals surface area contributed by atoms with Crippen LogP contribution in [0.2, 0.25) is 5.02 Å². The highest BCUT2D eigenvalue weighted by Crippen LogP contribution is 2.34. The molecule has 1 aliphatic rings. The molecule has 1 aromatic rings. The number of rotatable bonds is 1. The van der Waals surface area contributed by atoms with Gasteiger partial charge in [-0.25, -0.2) is 4.39 Å². The van der Waals surface area contributed by atoms with Crippen LogP contribution in [-0.2, 0) is 0 Å². The van der Waals surface area contributed by atoms with E-state index in [0.717, 1.165) is 32.0 Å². The van der Waals surface area contributed by atoms with E-state index in [1.807, 2.05) is 0 Å². The van der Waals surface area contributed by atoms with Gasteiger partial charge in [0, 0.05) is 23.0 Å². The van der Waals surface area contributed by atoms with Crippen LogP contribution in [-0.4, -0.2) is 18.2 Å². The van der Waals surface area contributed by atoms with E-state index < -0.39 is 5.82 Å². The van der Waals surface area contributed by atoms with Crippen LogP contribution in [0.5, 0.6) is 5.75 Å². The maximum atomic E-state index is 13.2. The van der Waals surface area contributed by atoms with Crippen molar-refractivity contribution in [3.63, 3.8) is 0 Å². The van der Waals surface area contributed by atoms with Gasteiger partial charge in [-0.1, -0.05) is 11.6 Å². The van der Waals surface area contributed by atoms with Gasteiger partial charge >= 0.3 is 0 Å². The van der Waals surface area contributed by atoms with Gasteiger partial charge in [0.15, 0.2) is 11.6 Å². The average molecular weight is 230 g/mol. The molecule has 0 amide bonds. The number of hydrogen-bond acceptors (Lipinski definition) is 2. The SMILES string of the molecule is Oc1c(F)cc(Cl)cc1C1CCCNC1. The second-order valence-electron chi connectivity index (χ2n) is 3.87. The molecule has 1 aromatic carbocycles. The molecule has 2 nitrogen and oxygen atoms in total. The number of nitrogens with one attached hydrogen (secondary N) is 1. The zero-order chi connectivity index (χ0) is 10.8. The zero-order valence-corrected chi connectivity index (χ0v) is 9.02. The summed E-state index contributed by atoms with van der Waals surface area (Å²) in [6.07, 6.45) is 2.00. The van der Waals surface area contributed by atoms with E-state index in [2.05, 4.69) is 5.32 Å². The van der Waals surface area contributed by atoms with Crippen LogP contribution in [0.25, 0.3) is 0 Å². The molecule has 1 fully saturated rings. The van der Waals surface area contributed by atoms with Gasteiger partial charge in [-0.05, 0) is 31.5 Å². The van der Waals surface area contributed by atoms with Crippen LogP contribution in [0, 0.1) is 5.82 Å². The summed E-state index contributed by atoms with van der Waals surface area (Å²) in [6.45, 7) is 1.76. The highest BCUT2D eigenvalue weighted by atomic mass is 35.5. The molecule has 0 radical (unpaired) electrons. The zero-order valence-electron chi connectivity index (χ0n) is 8.26. The summed E-state index contributed by atoms with van der Waals surface area (Å²) in [4.78, 5) is 0. The fourth-order valence-corrected chi connectivity index (χ4v) is 2.23. The van der Waals surface area contributed by atoms with Crippen LogP contribution < -0.4 is 5.32 Å². The smallest absolute Gasteiger partial charge is 0.166 e. The fourth-order valence-electron chi connectivity index (χ4n) is 2.01. The summed E-state index contributed by atoms with van der Waals surface area (Å²) in [6, 6.07) is 2.79. The number of benzene rings is 1. The summed E-state index contributed by atoms with van der Waals surface area (Å²) in [7, 11) is 0. The lowest BCUT2D eigenvalue weighted by molar-refractivity contribution is 0.401. The van der Waals surface area contributed by atoms with Crippen molar-refractivity contribution in [2.75, 3.05) is 13.1 Å². The third-order valence-corrected chi connectivity index (χ3v) is 3.01. The molecule has 0 aliphatic carbocycles. The number of phenols is 1. The molecule has 1 atom stereocenters. The topological polar surface area (TPSA) is 32.3 Å². The van der Waals surface area contributed by atoms with Crippen molar-refractivity contribution in [3.05, 3.63) is 28.5 Å². The van der Waals surface area contributed by atoms with Crippen molar-refractivity contribution < 1.29 is 9.50 Å². The minimum absolute atomic E-state index is 0.159. The third kappa shape index (κ3) is 2.24. The number of aromatic hydroxyl groups is 1. The Bertz CT molecular complexity index is 364.